The van der Waals surface area contributed by atoms with Crippen molar-refractivity contribution in [3.05, 3.63) is 29.3 Å². The van der Waals surface area contributed by atoms with Gasteiger partial charge in [-0.2, -0.15) is 0 Å². The van der Waals surface area contributed by atoms with Gasteiger partial charge in [0.25, 0.3) is 0 Å². The Labute approximate surface area is 144 Å². The number of hydrogen-bond acceptors (Lipinski definition) is 3. The Morgan fingerprint density at radius 1 is 1.29 bits per heavy atom. The molecular weight excluding hydrogens is 304 g/mol. The summed E-state index contributed by atoms with van der Waals surface area (Å²) in [5.41, 5.74) is 3.06. The Morgan fingerprint density at radius 3 is 2.46 bits per heavy atom. The van der Waals surface area contributed by atoms with Crippen molar-refractivity contribution in [2.45, 2.75) is 46.6 Å². The Hall–Kier alpha value is -1.88. The zero-order valence-corrected chi connectivity index (χ0v) is 15.0. The van der Waals surface area contributed by atoms with Gasteiger partial charge in [-0.15, -0.1) is 0 Å². The molecule has 2 N–H and O–H groups in total. The molecule has 2 amide bonds. The molecule has 0 aliphatic carbocycles. The third-order valence-corrected chi connectivity index (χ3v) is 4.36. The first kappa shape index (κ1) is 18.5. The molecule has 1 heterocycles. The molecule has 1 aromatic carbocycles. The van der Waals surface area contributed by atoms with Crippen LogP contribution in [0.5, 0.6) is 0 Å². The van der Waals surface area contributed by atoms with Crippen molar-refractivity contribution in [1.29, 1.82) is 0 Å². The van der Waals surface area contributed by atoms with Crippen LogP contribution < -0.4 is 10.2 Å². The number of hydrogen-bond donors (Lipinski definition) is 2. The number of nitrogens with zero attached hydrogens (tertiary/aromatic N) is 1. The lowest BCUT2D eigenvalue weighted by Gasteiger charge is -2.21. The van der Waals surface area contributed by atoms with Crippen LogP contribution in [0, 0.1) is 25.7 Å². The van der Waals surface area contributed by atoms with Crippen molar-refractivity contribution in [2.24, 2.45) is 11.8 Å². The third kappa shape index (κ3) is 4.35. The van der Waals surface area contributed by atoms with Gasteiger partial charge in [-0.25, -0.2) is 0 Å². The number of benzene rings is 1. The molecule has 1 aromatic rings. The minimum atomic E-state index is -0.660. The fourth-order valence-electron chi connectivity index (χ4n) is 3.34. The lowest BCUT2D eigenvalue weighted by molar-refractivity contribution is -0.132. The summed E-state index contributed by atoms with van der Waals surface area (Å²) in [5, 5.41) is 12.2. The van der Waals surface area contributed by atoms with Crippen molar-refractivity contribution in [3.8, 4) is 0 Å². The molecule has 5 heteroatoms. The monoisotopic (exact) mass is 332 g/mol. The van der Waals surface area contributed by atoms with Gasteiger partial charge in [-0.1, -0.05) is 19.9 Å². The summed E-state index contributed by atoms with van der Waals surface area (Å²) in [4.78, 5) is 26.8. The van der Waals surface area contributed by atoms with Crippen LogP contribution in [0.1, 0.15) is 37.8 Å². The normalized spacial score (nSPS) is 19.0. The highest BCUT2D eigenvalue weighted by atomic mass is 16.3. The van der Waals surface area contributed by atoms with Crippen LogP contribution in [0.25, 0.3) is 0 Å². The number of carbonyl (C=O) groups excluding carboxylic acids is 2. The van der Waals surface area contributed by atoms with Gasteiger partial charge < -0.3 is 15.3 Å². The maximum atomic E-state index is 12.7. The largest absolute Gasteiger partial charge is 0.394 e. The zero-order chi connectivity index (χ0) is 17.9. The fourth-order valence-corrected chi connectivity index (χ4v) is 3.34. The molecule has 132 valence electrons. The van der Waals surface area contributed by atoms with Crippen LogP contribution in [0.2, 0.25) is 0 Å². The molecular formula is C19H28N2O3. The van der Waals surface area contributed by atoms with Crippen molar-refractivity contribution in [2.75, 3.05) is 18.1 Å². The van der Waals surface area contributed by atoms with E-state index >= 15 is 0 Å². The number of aryl methyl sites for hydroxylation is 2. The highest BCUT2D eigenvalue weighted by Gasteiger charge is 2.38. The van der Waals surface area contributed by atoms with Gasteiger partial charge in [0.2, 0.25) is 11.8 Å². The summed E-state index contributed by atoms with van der Waals surface area (Å²) >= 11 is 0. The van der Waals surface area contributed by atoms with Gasteiger partial charge in [0.1, 0.15) is 5.92 Å². The Balaban J connectivity index is 2.06. The second kappa shape index (κ2) is 7.79. The van der Waals surface area contributed by atoms with Crippen LogP contribution in [-0.2, 0) is 9.59 Å². The summed E-state index contributed by atoms with van der Waals surface area (Å²) in [7, 11) is 0. The van der Waals surface area contributed by atoms with E-state index < -0.39 is 5.92 Å². The van der Waals surface area contributed by atoms with E-state index in [2.05, 4.69) is 11.4 Å². The van der Waals surface area contributed by atoms with Crippen LogP contribution in [0.3, 0.4) is 0 Å². The Kier molecular flexibility index (Phi) is 5.99. The Morgan fingerprint density at radius 2 is 1.92 bits per heavy atom. The predicted octanol–water partition coefficient (Wildman–Crippen LogP) is 2.18. The fraction of sp³-hybridized carbons (Fsp3) is 0.579. The minimum absolute atomic E-state index is 0.106. The molecule has 0 radical (unpaired) electrons. The molecule has 0 bridgehead atoms. The van der Waals surface area contributed by atoms with Crippen LogP contribution >= 0.6 is 0 Å². The van der Waals surface area contributed by atoms with E-state index in [9.17, 15) is 14.7 Å². The molecule has 5 nitrogen and oxygen atoms in total. The molecule has 24 heavy (non-hydrogen) atoms. The van der Waals surface area contributed by atoms with E-state index in [0.717, 1.165) is 16.8 Å². The summed E-state index contributed by atoms with van der Waals surface area (Å²) < 4.78 is 0. The summed E-state index contributed by atoms with van der Waals surface area (Å²) in [6.45, 7) is 8.52. The maximum Gasteiger partial charge on any atom is 0.239 e. The molecule has 1 aliphatic heterocycles. The molecule has 1 aliphatic rings. The van der Waals surface area contributed by atoms with Crippen molar-refractivity contribution >= 4 is 17.5 Å². The maximum absolute atomic E-state index is 12.7. The lowest BCUT2D eigenvalue weighted by atomic mass is 10.0. The van der Waals surface area contributed by atoms with E-state index in [-0.39, 0.29) is 24.5 Å². The van der Waals surface area contributed by atoms with E-state index in [4.69, 9.17) is 0 Å². The van der Waals surface area contributed by atoms with E-state index in [1.54, 1.807) is 4.90 Å². The summed E-state index contributed by atoms with van der Waals surface area (Å²) in [5.74, 6) is -0.717. The first-order chi connectivity index (χ1) is 11.3. The van der Waals surface area contributed by atoms with Gasteiger partial charge in [0.05, 0.1) is 12.6 Å². The molecule has 2 rings (SSSR count). The number of rotatable bonds is 6. The molecule has 1 fully saturated rings. The second-order valence-corrected chi connectivity index (χ2v) is 7.19. The zero-order valence-electron chi connectivity index (χ0n) is 15.0. The number of nitrogens with one attached hydrogen (secondary N) is 1. The number of carbonyl (C=O) groups is 2. The first-order valence-electron chi connectivity index (χ1n) is 8.62. The molecule has 2 atom stereocenters. The van der Waals surface area contributed by atoms with Gasteiger partial charge in [0, 0.05) is 12.2 Å². The third-order valence-electron chi connectivity index (χ3n) is 4.36. The molecule has 2 unspecified atom stereocenters. The van der Waals surface area contributed by atoms with Crippen molar-refractivity contribution in [1.82, 2.24) is 5.32 Å². The molecule has 0 spiro atoms. The second-order valence-electron chi connectivity index (χ2n) is 7.19. The standard InChI is InChI=1S/C19H28N2O3/c1-12(2)7-15(11-22)20-18(23)17-5-6-21(19(17)24)16-9-13(3)8-14(4)10-16/h8-10,12,15,17,22H,5-7,11H2,1-4H3,(H,20,23). The van der Waals surface area contributed by atoms with Crippen LogP contribution in [0.4, 0.5) is 5.69 Å². The van der Waals surface area contributed by atoms with Gasteiger partial charge in [-0.3, -0.25) is 9.59 Å². The summed E-state index contributed by atoms with van der Waals surface area (Å²) in [6.07, 6.45) is 1.21. The highest BCUT2D eigenvalue weighted by molar-refractivity contribution is 6.09. The van der Waals surface area contributed by atoms with Crippen molar-refractivity contribution in [3.63, 3.8) is 0 Å². The predicted molar refractivity (Wildman–Crippen MR) is 94.8 cm³/mol. The molecule has 0 aromatic heterocycles. The average Bonchev–Trinajstić information content (AvgIpc) is 2.86. The van der Waals surface area contributed by atoms with Gasteiger partial charge in [-0.05, 0) is 55.9 Å². The van der Waals surface area contributed by atoms with Crippen molar-refractivity contribution < 1.29 is 14.7 Å². The highest BCUT2D eigenvalue weighted by Crippen LogP contribution is 2.27. The summed E-state index contributed by atoms with van der Waals surface area (Å²) in [6, 6.07) is 5.72. The topological polar surface area (TPSA) is 69.6 Å². The van der Waals surface area contributed by atoms with Gasteiger partial charge in [0.15, 0.2) is 0 Å². The van der Waals surface area contributed by atoms with E-state index in [0.29, 0.717) is 25.3 Å². The van der Waals surface area contributed by atoms with E-state index in [1.807, 2.05) is 39.8 Å². The smallest absolute Gasteiger partial charge is 0.239 e. The SMILES string of the molecule is Cc1cc(C)cc(N2CCC(C(=O)NC(CO)CC(C)C)C2=O)c1. The van der Waals surface area contributed by atoms with Gasteiger partial charge >= 0.3 is 0 Å². The average molecular weight is 332 g/mol. The number of aliphatic hydroxyl groups is 1. The quantitative estimate of drug-likeness (QED) is 0.785. The Bertz CT molecular complexity index is 592. The number of aliphatic hydroxyl groups excluding tert-OH is 1. The lowest BCUT2D eigenvalue weighted by Crippen LogP contribution is -2.44. The molecule has 0 saturated carbocycles. The number of amides is 2. The van der Waals surface area contributed by atoms with E-state index in [1.165, 1.54) is 0 Å². The van der Waals surface area contributed by atoms with Crippen LogP contribution in [-0.4, -0.2) is 36.1 Å². The minimum Gasteiger partial charge on any atom is -0.394 e. The molecule has 1 saturated heterocycles. The first-order valence-corrected chi connectivity index (χ1v) is 8.62. The number of anilines is 1. The van der Waals surface area contributed by atoms with Crippen LogP contribution in [0.15, 0.2) is 18.2 Å².